The summed E-state index contributed by atoms with van der Waals surface area (Å²) in [5.41, 5.74) is 4.96. The number of benzene rings is 2. The van der Waals surface area contributed by atoms with E-state index in [4.69, 9.17) is 0 Å². The van der Waals surface area contributed by atoms with E-state index >= 15 is 0 Å². The quantitative estimate of drug-likeness (QED) is 0.481. The lowest BCUT2D eigenvalue weighted by Gasteiger charge is -2.41. The van der Waals surface area contributed by atoms with E-state index in [1.54, 1.807) is 0 Å². The molecule has 1 N–H and O–H groups in total. The van der Waals surface area contributed by atoms with Crippen LogP contribution in [0.4, 0.5) is 0 Å². The van der Waals surface area contributed by atoms with Gasteiger partial charge in [0.1, 0.15) is 12.0 Å². The molecule has 2 fully saturated rings. The van der Waals surface area contributed by atoms with Gasteiger partial charge < -0.3 is 14.9 Å². The molecule has 0 saturated carbocycles. The molecule has 2 aliphatic heterocycles. The van der Waals surface area contributed by atoms with Crippen LogP contribution in [0.3, 0.4) is 0 Å². The molecule has 0 spiro atoms. The highest BCUT2D eigenvalue weighted by molar-refractivity contribution is 9.10. The molecule has 0 atom stereocenters. The summed E-state index contributed by atoms with van der Waals surface area (Å²) in [5, 5.41) is 9.78. The summed E-state index contributed by atoms with van der Waals surface area (Å²) >= 11 is 3.65. The molecule has 3 aromatic rings. The zero-order valence-corrected chi connectivity index (χ0v) is 22.1. The summed E-state index contributed by atoms with van der Waals surface area (Å²) in [7, 11) is 0. The van der Waals surface area contributed by atoms with E-state index in [1.807, 2.05) is 11.0 Å². The van der Waals surface area contributed by atoms with Gasteiger partial charge in [0.15, 0.2) is 0 Å². The lowest BCUT2D eigenvalue weighted by Crippen LogP contribution is -2.49. The second kappa shape index (κ2) is 11.6. The molecule has 7 heteroatoms. The van der Waals surface area contributed by atoms with Crippen LogP contribution in [-0.4, -0.2) is 69.1 Å². The van der Waals surface area contributed by atoms with Crippen molar-refractivity contribution in [2.24, 2.45) is 0 Å². The van der Waals surface area contributed by atoms with E-state index < -0.39 is 0 Å². The Morgan fingerprint density at radius 3 is 2.36 bits per heavy atom. The maximum absolute atomic E-state index is 13.3. The maximum atomic E-state index is 13.3. The molecule has 0 aliphatic carbocycles. The summed E-state index contributed by atoms with van der Waals surface area (Å²) < 4.78 is 0.710. The topological polar surface area (TPSA) is 69.6 Å². The lowest BCUT2D eigenvalue weighted by molar-refractivity contribution is 0.0354. The summed E-state index contributed by atoms with van der Waals surface area (Å²) in [6, 6.07) is 19.5. The predicted octanol–water partition coefficient (Wildman–Crippen LogP) is 4.75. The number of aliphatic hydroxyl groups excluding tert-OH is 1. The Labute approximate surface area is 221 Å². The van der Waals surface area contributed by atoms with Crippen molar-refractivity contribution in [3.05, 3.63) is 82.3 Å². The number of piperidine rings is 2. The van der Waals surface area contributed by atoms with Gasteiger partial charge in [-0.3, -0.25) is 4.79 Å². The minimum Gasteiger partial charge on any atom is -0.393 e. The van der Waals surface area contributed by atoms with Gasteiger partial charge in [0, 0.05) is 32.2 Å². The fourth-order valence-corrected chi connectivity index (χ4v) is 5.94. The SMILES string of the molecule is O=C(c1ncnc(CCc2cccc(-c3ccccc3)c2)c1Br)N1CCC(N2CCC(O)CC2)CC1. The van der Waals surface area contributed by atoms with Gasteiger partial charge in [-0.2, -0.15) is 0 Å². The molecule has 0 bridgehead atoms. The number of nitrogens with zero attached hydrogens (tertiary/aromatic N) is 4. The number of amides is 1. The number of likely N-dealkylation sites (tertiary alicyclic amines) is 2. The largest absolute Gasteiger partial charge is 0.393 e. The van der Waals surface area contributed by atoms with Gasteiger partial charge in [0.25, 0.3) is 5.91 Å². The van der Waals surface area contributed by atoms with Crippen molar-refractivity contribution in [3.63, 3.8) is 0 Å². The van der Waals surface area contributed by atoms with Crippen LogP contribution in [0, 0.1) is 0 Å². The average molecular weight is 550 g/mol. The van der Waals surface area contributed by atoms with Crippen LogP contribution >= 0.6 is 15.9 Å². The van der Waals surface area contributed by atoms with Crippen LogP contribution in [0.25, 0.3) is 11.1 Å². The third kappa shape index (κ3) is 5.85. The third-order valence-electron chi connectivity index (χ3n) is 7.52. The molecule has 0 radical (unpaired) electrons. The fourth-order valence-electron chi connectivity index (χ4n) is 5.36. The Bertz CT molecular complexity index is 1170. The van der Waals surface area contributed by atoms with Crippen LogP contribution < -0.4 is 0 Å². The van der Waals surface area contributed by atoms with Crippen LogP contribution in [0.5, 0.6) is 0 Å². The molecule has 2 aromatic carbocycles. The Kier molecular flexibility index (Phi) is 8.09. The number of aromatic nitrogens is 2. The van der Waals surface area contributed by atoms with Crippen LogP contribution in [-0.2, 0) is 12.8 Å². The molecule has 188 valence electrons. The summed E-state index contributed by atoms with van der Waals surface area (Å²) in [4.78, 5) is 26.6. The summed E-state index contributed by atoms with van der Waals surface area (Å²) in [6.07, 6.45) is 6.56. The van der Waals surface area contributed by atoms with E-state index in [1.165, 1.54) is 23.0 Å². The number of aryl methyl sites for hydroxylation is 2. The Hall–Kier alpha value is -2.61. The second-order valence-electron chi connectivity index (χ2n) is 9.84. The first-order valence-corrected chi connectivity index (χ1v) is 13.7. The summed E-state index contributed by atoms with van der Waals surface area (Å²) in [5.74, 6) is -0.0240. The van der Waals surface area contributed by atoms with E-state index in [2.05, 4.69) is 79.3 Å². The third-order valence-corrected chi connectivity index (χ3v) is 8.35. The number of halogens is 1. The molecule has 36 heavy (non-hydrogen) atoms. The normalized spacial score (nSPS) is 17.9. The standard InChI is InChI=1S/C29H33BrN4O2/c30-27-26(10-9-21-5-4-8-23(19-21)22-6-2-1-3-7-22)31-20-32-28(27)29(36)34-15-11-24(12-16-34)33-17-13-25(35)14-18-33/h1-8,19-20,24-25,35H,9-18H2. The number of carbonyl (C=O) groups excluding carboxylic acids is 1. The number of hydrogen-bond donors (Lipinski definition) is 1. The first-order valence-electron chi connectivity index (χ1n) is 12.9. The molecule has 0 unspecified atom stereocenters. The maximum Gasteiger partial charge on any atom is 0.273 e. The second-order valence-corrected chi connectivity index (χ2v) is 10.6. The number of rotatable bonds is 6. The lowest BCUT2D eigenvalue weighted by atomic mass is 9.98. The fraction of sp³-hybridized carbons (Fsp3) is 0.414. The first kappa shape index (κ1) is 25.1. The van der Waals surface area contributed by atoms with Crippen molar-refractivity contribution in [2.75, 3.05) is 26.2 Å². The molecular weight excluding hydrogens is 516 g/mol. The average Bonchev–Trinajstić information content (AvgIpc) is 2.93. The van der Waals surface area contributed by atoms with Crippen molar-refractivity contribution in [1.29, 1.82) is 0 Å². The van der Waals surface area contributed by atoms with Crippen LogP contribution in [0.1, 0.15) is 47.4 Å². The van der Waals surface area contributed by atoms with Crippen molar-refractivity contribution in [2.45, 2.75) is 50.7 Å². The van der Waals surface area contributed by atoms with Crippen molar-refractivity contribution >= 4 is 21.8 Å². The van der Waals surface area contributed by atoms with Gasteiger partial charge in [0.05, 0.1) is 16.3 Å². The monoisotopic (exact) mass is 548 g/mol. The summed E-state index contributed by atoms with van der Waals surface area (Å²) in [6.45, 7) is 3.38. The molecule has 6 nitrogen and oxygen atoms in total. The van der Waals surface area contributed by atoms with E-state index in [-0.39, 0.29) is 12.0 Å². The number of carbonyl (C=O) groups is 1. The van der Waals surface area contributed by atoms with Gasteiger partial charge in [-0.15, -0.1) is 0 Å². The van der Waals surface area contributed by atoms with Crippen molar-refractivity contribution in [3.8, 4) is 11.1 Å². The van der Waals surface area contributed by atoms with Crippen LogP contribution in [0.15, 0.2) is 65.4 Å². The van der Waals surface area contributed by atoms with Crippen molar-refractivity contribution < 1.29 is 9.90 Å². The molecule has 3 heterocycles. The zero-order valence-electron chi connectivity index (χ0n) is 20.5. The molecule has 1 aromatic heterocycles. The van der Waals surface area contributed by atoms with Gasteiger partial charge in [0.2, 0.25) is 0 Å². The minimum absolute atomic E-state index is 0.0240. The zero-order chi connectivity index (χ0) is 24.9. The predicted molar refractivity (Wildman–Crippen MR) is 145 cm³/mol. The van der Waals surface area contributed by atoms with E-state index in [0.717, 1.165) is 70.4 Å². The van der Waals surface area contributed by atoms with Gasteiger partial charge in [-0.05, 0) is 71.1 Å². The minimum atomic E-state index is -0.153. The van der Waals surface area contributed by atoms with Gasteiger partial charge >= 0.3 is 0 Å². The Balaban J connectivity index is 1.20. The molecule has 2 saturated heterocycles. The van der Waals surface area contributed by atoms with E-state index in [9.17, 15) is 9.90 Å². The Morgan fingerprint density at radius 2 is 1.61 bits per heavy atom. The first-order chi connectivity index (χ1) is 17.6. The highest BCUT2D eigenvalue weighted by Gasteiger charge is 2.30. The molecular formula is C29H33BrN4O2. The number of aliphatic hydroxyl groups is 1. The van der Waals surface area contributed by atoms with Crippen LogP contribution in [0.2, 0.25) is 0 Å². The van der Waals surface area contributed by atoms with E-state index in [0.29, 0.717) is 16.2 Å². The molecule has 2 aliphatic rings. The highest BCUT2D eigenvalue weighted by Crippen LogP contribution is 2.26. The number of hydrogen-bond acceptors (Lipinski definition) is 5. The van der Waals surface area contributed by atoms with Gasteiger partial charge in [-0.1, -0.05) is 54.6 Å². The smallest absolute Gasteiger partial charge is 0.273 e. The molecule has 1 amide bonds. The Morgan fingerprint density at radius 1 is 0.889 bits per heavy atom. The highest BCUT2D eigenvalue weighted by atomic mass is 79.9. The molecule has 5 rings (SSSR count). The van der Waals surface area contributed by atoms with Crippen molar-refractivity contribution in [1.82, 2.24) is 19.8 Å². The van der Waals surface area contributed by atoms with Gasteiger partial charge in [-0.25, -0.2) is 9.97 Å².